The molecule has 0 saturated carbocycles. The molecule has 1 aliphatic heterocycles. The van der Waals surface area contributed by atoms with Gasteiger partial charge in [-0.1, -0.05) is 0 Å². The van der Waals surface area contributed by atoms with E-state index in [9.17, 15) is 13.2 Å². The van der Waals surface area contributed by atoms with Crippen molar-refractivity contribution in [2.75, 3.05) is 18.0 Å². The van der Waals surface area contributed by atoms with Gasteiger partial charge in [-0.15, -0.1) is 0 Å². The lowest BCUT2D eigenvalue weighted by Gasteiger charge is -2.17. The zero-order valence-electron chi connectivity index (χ0n) is 13.9. The predicted molar refractivity (Wildman–Crippen MR) is 95.5 cm³/mol. The second-order valence-corrected chi connectivity index (χ2v) is 7.77. The number of rotatable bonds is 4. The number of aromatic nitrogens is 3. The lowest BCUT2D eigenvalue weighted by molar-refractivity contribution is 0.0983. The third-order valence-electron chi connectivity index (χ3n) is 4.39. The molecule has 1 saturated heterocycles. The molecular weight excluding hydrogens is 354 g/mol. The summed E-state index contributed by atoms with van der Waals surface area (Å²) in [7, 11) is -3.99. The van der Waals surface area contributed by atoms with Gasteiger partial charge in [-0.05, 0) is 37.1 Å². The van der Waals surface area contributed by atoms with Crippen LogP contribution in [0.15, 0.2) is 53.9 Å². The molecule has 1 N–H and O–H groups in total. The maximum atomic E-state index is 12.6. The Kier molecular flexibility index (Phi) is 4.08. The maximum Gasteiger partial charge on any atom is 0.268 e. The van der Waals surface area contributed by atoms with E-state index < -0.39 is 15.9 Å². The zero-order chi connectivity index (χ0) is 18.1. The summed E-state index contributed by atoms with van der Waals surface area (Å²) < 4.78 is 28.3. The molecular formula is C17H17N5O3S. The van der Waals surface area contributed by atoms with Gasteiger partial charge in [-0.3, -0.25) is 9.78 Å². The van der Waals surface area contributed by atoms with Crippen molar-refractivity contribution in [3.63, 3.8) is 0 Å². The molecule has 0 aliphatic carbocycles. The number of hydrogen-bond donors (Lipinski definition) is 1. The Morgan fingerprint density at radius 2 is 1.96 bits per heavy atom. The minimum Gasteiger partial charge on any atom is -0.371 e. The van der Waals surface area contributed by atoms with Crippen molar-refractivity contribution in [2.45, 2.75) is 17.7 Å². The first-order valence-corrected chi connectivity index (χ1v) is 9.72. The molecule has 3 aromatic rings. The lowest BCUT2D eigenvalue weighted by atomic mass is 10.2. The molecule has 4 rings (SSSR count). The highest BCUT2D eigenvalue weighted by Crippen LogP contribution is 2.23. The van der Waals surface area contributed by atoms with Gasteiger partial charge in [-0.25, -0.2) is 17.7 Å². The monoisotopic (exact) mass is 371 g/mol. The number of carbonyl (C=O) groups excluding carboxylic acids is 1. The number of nitrogens with one attached hydrogen (secondary N) is 1. The van der Waals surface area contributed by atoms with Gasteiger partial charge >= 0.3 is 0 Å². The second kappa shape index (κ2) is 6.41. The molecule has 0 unspecified atom stereocenters. The van der Waals surface area contributed by atoms with Gasteiger partial charge in [0.15, 0.2) is 0 Å². The summed E-state index contributed by atoms with van der Waals surface area (Å²) in [6.45, 7) is 1.95. The molecule has 3 aromatic heterocycles. The quantitative estimate of drug-likeness (QED) is 0.746. The molecule has 1 fully saturated rings. The summed E-state index contributed by atoms with van der Waals surface area (Å²) in [5.41, 5.74) is 1.77. The van der Waals surface area contributed by atoms with Crippen LogP contribution in [0.25, 0.3) is 5.52 Å². The molecule has 26 heavy (non-hydrogen) atoms. The molecule has 1 amide bonds. The van der Waals surface area contributed by atoms with Crippen molar-refractivity contribution in [1.29, 1.82) is 0 Å². The summed E-state index contributed by atoms with van der Waals surface area (Å²) in [5, 5.41) is 4.14. The van der Waals surface area contributed by atoms with Crippen LogP contribution in [0.1, 0.15) is 23.2 Å². The molecule has 0 radical (unpaired) electrons. The first kappa shape index (κ1) is 16.5. The topological polar surface area (TPSA) is 96.7 Å². The van der Waals surface area contributed by atoms with Crippen LogP contribution in [0, 0.1) is 0 Å². The minimum absolute atomic E-state index is 0.0671. The van der Waals surface area contributed by atoms with Crippen LogP contribution >= 0.6 is 0 Å². The number of carbonyl (C=O) groups is 1. The molecule has 4 heterocycles. The number of nitrogens with zero attached hydrogens (tertiary/aromatic N) is 4. The SMILES string of the molecule is O=C(NS(=O)(=O)c1cccnc1)c1cnn2ccc(N3CCCC3)cc12. The van der Waals surface area contributed by atoms with Gasteiger partial charge < -0.3 is 4.90 Å². The predicted octanol–water partition coefficient (Wildman–Crippen LogP) is 1.45. The Hall–Kier alpha value is -2.94. The average Bonchev–Trinajstić information content (AvgIpc) is 3.31. The number of sulfonamides is 1. The van der Waals surface area contributed by atoms with Crippen molar-refractivity contribution in [3.8, 4) is 0 Å². The van der Waals surface area contributed by atoms with E-state index >= 15 is 0 Å². The number of anilines is 1. The Morgan fingerprint density at radius 1 is 1.15 bits per heavy atom. The first-order valence-electron chi connectivity index (χ1n) is 8.24. The number of amides is 1. The van der Waals surface area contributed by atoms with Gasteiger partial charge in [0.1, 0.15) is 4.90 Å². The zero-order valence-corrected chi connectivity index (χ0v) is 14.7. The third-order valence-corrected chi connectivity index (χ3v) is 5.71. The van der Waals surface area contributed by atoms with Gasteiger partial charge in [0.05, 0.1) is 17.3 Å². The van der Waals surface area contributed by atoms with Crippen LogP contribution in [0.5, 0.6) is 0 Å². The van der Waals surface area contributed by atoms with Crippen molar-refractivity contribution < 1.29 is 13.2 Å². The van der Waals surface area contributed by atoms with Crippen LogP contribution in [0.3, 0.4) is 0 Å². The molecule has 0 aromatic carbocycles. The molecule has 134 valence electrons. The molecule has 8 nitrogen and oxygen atoms in total. The highest BCUT2D eigenvalue weighted by Gasteiger charge is 2.22. The second-order valence-electron chi connectivity index (χ2n) is 6.09. The van der Waals surface area contributed by atoms with Crippen molar-refractivity contribution in [1.82, 2.24) is 19.3 Å². The van der Waals surface area contributed by atoms with E-state index in [4.69, 9.17) is 0 Å². The highest BCUT2D eigenvalue weighted by atomic mass is 32.2. The smallest absolute Gasteiger partial charge is 0.268 e. The molecule has 0 atom stereocenters. The summed E-state index contributed by atoms with van der Waals surface area (Å²) >= 11 is 0. The Bertz CT molecular complexity index is 1060. The summed E-state index contributed by atoms with van der Waals surface area (Å²) in [5.74, 6) is -0.720. The summed E-state index contributed by atoms with van der Waals surface area (Å²) in [6.07, 6.45) is 8.08. The van der Waals surface area contributed by atoms with E-state index in [0.717, 1.165) is 31.6 Å². The van der Waals surface area contributed by atoms with E-state index in [1.54, 1.807) is 10.7 Å². The van der Waals surface area contributed by atoms with E-state index in [-0.39, 0.29) is 10.5 Å². The molecule has 1 aliphatic rings. The normalized spacial score (nSPS) is 14.7. The van der Waals surface area contributed by atoms with Crippen LogP contribution in [-0.2, 0) is 10.0 Å². The fraction of sp³-hybridized carbons (Fsp3) is 0.235. The van der Waals surface area contributed by atoms with Crippen LogP contribution in [0.4, 0.5) is 5.69 Å². The van der Waals surface area contributed by atoms with Gasteiger partial charge in [0.2, 0.25) is 0 Å². The summed E-state index contributed by atoms with van der Waals surface area (Å²) in [4.78, 5) is 18.5. The van der Waals surface area contributed by atoms with E-state index in [1.165, 1.54) is 30.7 Å². The largest absolute Gasteiger partial charge is 0.371 e. The molecule has 0 spiro atoms. The Balaban J connectivity index is 1.65. The molecule has 0 bridgehead atoms. The standard InChI is InChI=1S/C17H17N5O3S/c23-17(20-26(24,25)14-4-3-6-18-11-14)15-12-19-22-9-5-13(10-16(15)22)21-7-1-2-8-21/h3-6,9-12H,1-2,7-8H2,(H,20,23). The number of hydrogen-bond acceptors (Lipinski definition) is 6. The average molecular weight is 371 g/mol. The highest BCUT2D eigenvalue weighted by molar-refractivity contribution is 7.90. The lowest BCUT2D eigenvalue weighted by Crippen LogP contribution is -2.30. The first-order chi connectivity index (χ1) is 12.5. The van der Waals surface area contributed by atoms with E-state index in [1.807, 2.05) is 12.1 Å². The van der Waals surface area contributed by atoms with E-state index in [0.29, 0.717) is 5.52 Å². The fourth-order valence-electron chi connectivity index (χ4n) is 3.06. The van der Waals surface area contributed by atoms with Crippen LogP contribution < -0.4 is 9.62 Å². The van der Waals surface area contributed by atoms with Gasteiger partial charge in [0, 0.05) is 37.4 Å². The fourth-order valence-corrected chi connectivity index (χ4v) is 3.99. The van der Waals surface area contributed by atoms with E-state index in [2.05, 4.69) is 19.7 Å². The van der Waals surface area contributed by atoms with Crippen LogP contribution in [-0.4, -0.2) is 42.0 Å². The van der Waals surface area contributed by atoms with Crippen molar-refractivity contribution >= 4 is 27.1 Å². The number of pyridine rings is 2. The third kappa shape index (κ3) is 3.01. The maximum absolute atomic E-state index is 12.6. The minimum atomic E-state index is -3.99. The molecule has 9 heteroatoms. The van der Waals surface area contributed by atoms with Crippen LogP contribution in [0.2, 0.25) is 0 Å². The number of fused-ring (bicyclic) bond motifs is 1. The summed E-state index contributed by atoms with van der Waals surface area (Å²) in [6, 6.07) is 6.68. The van der Waals surface area contributed by atoms with Crippen molar-refractivity contribution in [3.05, 3.63) is 54.6 Å². The Morgan fingerprint density at radius 3 is 2.69 bits per heavy atom. The van der Waals surface area contributed by atoms with Gasteiger partial charge in [0.25, 0.3) is 15.9 Å². The van der Waals surface area contributed by atoms with Gasteiger partial charge in [-0.2, -0.15) is 5.10 Å². The van der Waals surface area contributed by atoms with Crippen molar-refractivity contribution in [2.24, 2.45) is 0 Å². The Labute approximate surface area is 150 Å².